The Hall–Kier alpha value is -0.570. The van der Waals surface area contributed by atoms with Crippen LogP contribution in [0.15, 0.2) is 0 Å². The van der Waals surface area contributed by atoms with Crippen molar-refractivity contribution in [1.29, 1.82) is 0 Å². The Morgan fingerprint density at radius 1 is 1.00 bits per heavy atom. The van der Waals surface area contributed by atoms with Crippen LogP contribution in [0, 0.1) is 5.41 Å². The van der Waals surface area contributed by atoms with Crippen molar-refractivity contribution in [3.63, 3.8) is 0 Å². The molecule has 2 saturated heterocycles. The van der Waals surface area contributed by atoms with Crippen LogP contribution in [0.25, 0.3) is 0 Å². The largest absolute Gasteiger partial charge is 0.353 e. The van der Waals surface area contributed by atoms with Gasteiger partial charge in [-0.1, -0.05) is 39.0 Å². The van der Waals surface area contributed by atoms with Crippen LogP contribution in [-0.4, -0.2) is 36.0 Å². The highest BCUT2D eigenvalue weighted by molar-refractivity contribution is 5.82. The van der Waals surface area contributed by atoms with Crippen molar-refractivity contribution in [2.45, 2.75) is 95.7 Å². The van der Waals surface area contributed by atoms with Crippen molar-refractivity contribution in [3.8, 4) is 0 Å². The van der Waals surface area contributed by atoms with Crippen LogP contribution in [0.4, 0.5) is 0 Å². The van der Waals surface area contributed by atoms with Gasteiger partial charge >= 0.3 is 0 Å². The summed E-state index contributed by atoms with van der Waals surface area (Å²) in [6, 6.07) is 1.82. The van der Waals surface area contributed by atoms with E-state index in [1.165, 1.54) is 44.9 Å². The molecule has 1 aliphatic carbocycles. The molecule has 3 heteroatoms. The molecular formula is C18H32N2O. The summed E-state index contributed by atoms with van der Waals surface area (Å²) in [4.78, 5) is 15.4. The first-order chi connectivity index (χ1) is 10.1. The number of carbonyl (C=O) groups is 1. The summed E-state index contributed by atoms with van der Waals surface area (Å²) in [6.07, 6.45) is 13.6. The van der Waals surface area contributed by atoms with Crippen molar-refractivity contribution >= 4 is 5.91 Å². The maximum Gasteiger partial charge on any atom is 0.226 e. The first-order valence-electron chi connectivity index (χ1n) is 9.11. The van der Waals surface area contributed by atoms with Gasteiger partial charge in [0.15, 0.2) is 0 Å². The molecule has 0 spiro atoms. The number of nitrogens with zero attached hydrogens (tertiary/aromatic N) is 1. The van der Waals surface area contributed by atoms with Gasteiger partial charge < -0.3 is 10.2 Å². The molecule has 3 aliphatic rings. The highest BCUT2D eigenvalue weighted by Crippen LogP contribution is 2.36. The SMILES string of the molecule is CN1C2CCCC1CC(NC(=O)C1(C)CCCCCC1)C2. The van der Waals surface area contributed by atoms with Gasteiger partial charge in [0, 0.05) is 23.5 Å². The van der Waals surface area contributed by atoms with E-state index in [0.717, 1.165) is 25.7 Å². The van der Waals surface area contributed by atoms with Crippen LogP contribution >= 0.6 is 0 Å². The van der Waals surface area contributed by atoms with Crippen molar-refractivity contribution in [2.24, 2.45) is 5.41 Å². The Bertz CT molecular complexity index is 359. The van der Waals surface area contributed by atoms with E-state index in [1.54, 1.807) is 0 Å². The average molecular weight is 292 g/mol. The molecule has 1 saturated carbocycles. The van der Waals surface area contributed by atoms with Gasteiger partial charge in [0.1, 0.15) is 0 Å². The van der Waals surface area contributed by atoms with Gasteiger partial charge in [-0.2, -0.15) is 0 Å². The van der Waals surface area contributed by atoms with Crippen molar-refractivity contribution < 1.29 is 4.79 Å². The zero-order valence-electron chi connectivity index (χ0n) is 13.9. The molecule has 120 valence electrons. The first-order valence-corrected chi connectivity index (χ1v) is 9.11. The third-order valence-electron chi connectivity index (χ3n) is 6.43. The number of fused-ring (bicyclic) bond motifs is 2. The lowest BCUT2D eigenvalue weighted by molar-refractivity contribution is -0.132. The summed E-state index contributed by atoms with van der Waals surface area (Å²) in [5.74, 6) is 0.344. The number of amides is 1. The number of hydrogen-bond donors (Lipinski definition) is 1. The quantitative estimate of drug-likeness (QED) is 0.790. The second-order valence-electron chi connectivity index (χ2n) is 8.02. The molecule has 0 aromatic carbocycles. The molecule has 3 rings (SSSR count). The van der Waals surface area contributed by atoms with E-state index >= 15 is 0 Å². The Labute approximate surface area is 129 Å². The molecule has 2 unspecified atom stereocenters. The van der Waals surface area contributed by atoms with Gasteiger partial charge in [0.05, 0.1) is 0 Å². The van der Waals surface area contributed by atoms with E-state index in [1.807, 2.05) is 0 Å². The minimum absolute atomic E-state index is 0.102. The molecule has 2 atom stereocenters. The van der Waals surface area contributed by atoms with Crippen LogP contribution in [0.3, 0.4) is 0 Å². The molecule has 2 bridgehead atoms. The van der Waals surface area contributed by atoms with Crippen LogP contribution < -0.4 is 5.32 Å². The summed E-state index contributed by atoms with van der Waals surface area (Å²) >= 11 is 0. The molecule has 1 amide bonds. The average Bonchev–Trinajstić information content (AvgIpc) is 2.66. The predicted molar refractivity (Wildman–Crippen MR) is 86.2 cm³/mol. The minimum Gasteiger partial charge on any atom is -0.353 e. The minimum atomic E-state index is -0.102. The zero-order valence-corrected chi connectivity index (χ0v) is 13.9. The maximum atomic E-state index is 12.8. The molecule has 3 fully saturated rings. The second-order valence-corrected chi connectivity index (χ2v) is 8.02. The topological polar surface area (TPSA) is 32.3 Å². The molecule has 2 heterocycles. The van der Waals surface area contributed by atoms with Gasteiger partial charge in [-0.05, 0) is 45.6 Å². The fraction of sp³-hybridized carbons (Fsp3) is 0.944. The van der Waals surface area contributed by atoms with Gasteiger partial charge in [0.2, 0.25) is 5.91 Å². The van der Waals surface area contributed by atoms with Crippen molar-refractivity contribution in [3.05, 3.63) is 0 Å². The number of nitrogens with one attached hydrogen (secondary N) is 1. The van der Waals surface area contributed by atoms with Crippen LogP contribution in [0.1, 0.15) is 77.6 Å². The monoisotopic (exact) mass is 292 g/mol. The van der Waals surface area contributed by atoms with E-state index in [9.17, 15) is 4.79 Å². The number of rotatable bonds is 2. The fourth-order valence-electron chi connectivity index (χ4n) is 4.83. The standard InChI is InChI=1S/C18H32N2O/c1-18(10-5-3-4-6-11-18)17(21)19-14-12-15-8-7-9-16(13-14)20(15)2/h14-16H,3-13H2,1-2H3,(H,19,21). The Balaban J connectivity index is 1.59. The number of carbonyl (C=O) groups excluding carboxylic acids is 1. The highest BCUT2D eigenvalue weighted by atomic mass is 16.2. The number of hydrogen-bond acceptors (Lipinski definition) is 2. The molecular weight excluding hydrogens is 260 g/mol. The third-order valence-corrected chi connectivity index (χ3v) is 6.43. The maximum absolute atomic E-state index is 12.8. The number of piperidine rings is 2. The van der Waals surface area contributed by atoms with Gasteiger partial charge in [0.25, 0.3) is 0 Å². The van der Waals surface area contributed by atoms with Gasteiger partial charge in [-0.25, -0.2) is 0 Å². The van der Waals surface area contributed by atoms with E-state index in [-0.39, 0.29) is 5.41 Å². The molecule has 0 aromatic heterocycles. The lowest BCUT2D eigenvalue weighted by Gasteiger charge is -2.47. The molecule has 0 aromatic rings. The second kappa shape index (κ2) is 6.28. The van der Waals surface area contributed by atoms with E-state index < -0.39 is 0 Å². The molecule has 3 nitrogen and oxygen atoms in total. The summed E-state index contributed by atoms with van der Waals surface area (Å²) < 4.78 is 0. The Morgan fingerprint density at radius 2 is 1.57 bits per heavy atom. The van der Waals surface area contributed by atoms with E-state index in [2.05, 4.69) is 24.2 Å². The Morgan fingerprint density at radius 3 is 2.14 bits per heavy atom. The summed E-state index contributed by atoms with van der Waals surface area (Å²) in [7, 11) is 2.28. The van der Waals surface area contributed by atoms with Crippen LogP contribution in [-0.2, 0) is 4.79 Å². The molecule has 1 N–H and O–H groups in total. The zero-order chi connectivity index (χ0) is 14.9. The van der Waals surface area contributed by atoms with Crippen LogP contribution in [0.5, 0.6) is 0 Å². The van der Waals surface area contributed by atoms with E-state index in [0.29, 0.717) is 24.0 Å². The van der Waals surface area contributed by atoms with Gasteiger partial charge in [-0.15, -0.1) is 0 Å². The molecule has 21 heavy (non-hydrogen) atoms. The highest BCUT2D eigenvalue weighted by Gasteiger charge is 2.39. The lowest BCUT2D eigenvalue weighted by atomic mass is 9.79. The fourth-order valence-corrected chi connectivity index (χ4v) is 4.83. The van der Waals surface area contributed by atoms with E-state index in [4.69, 9.17) is 0 Å². The summed E-state index contributed by atoms with van der Waals surface area (Å²) in [6.45, 7) is 2.20. The van der Waals surface area contributed by atoms with Gasteiger partial charge in [-0.3, -0.25) is 4.79 Å². The Kier molecular flexibility index (Phi) is 4.58. The van der Waals surface area contributed by atoms with Crippen molar-refractivity contribution in [1.82, 2.24) is 10.2 Å². The first kappa shape index (κ1) is 15.3. The summed E-state index contributed by atoms with van der Waals surface area (Å²) in [5, 5.41) is 3.44. The smallest absolute Gasteiger partial charge is 0.226 e. The summed E-state index contributed by atoms with van der Waals surface area (Å²) in [5.41, 5.74) is -0.102. The normalized spacial score (nSPS) is 36.8. The predicted octanol–water partition coefficient (Wildman–Crippen LogP) is 3.48. The molecule has 2 aliphatic heterocycles. The lowest BCUT2D eigenvalue weighted by Crippen LogP contribution is -2.56. The third kappa shape index (κ3) is 3.28. The van der Waals surface area contributed by atoms with Crippen molar-refractivity contribution in [2.75, 3.05) is 7.05 Å². The molecule has 0 radical (unpaired) electrons. The van der Waals surface area contributed by atoms with Crippen LogP contribution in [0.2, 0.25) is 0 Å².